The fourth-order valence-corrected chi connectivity index (χ4v) is 1.89. The van der Waals surface area contributed by atoms with Crippen LogP contribution in [0.3, 0.4) is 0 Å². The maximum absolute atomic E-state index is 13.0. The minimum atomic E-state index is -1.14. The quantitative estimate of drug-likeness (QED) is 0.731. The van der Waals surface area contributed by atoms with Gasteiger partial charge in [-0.1, -0.05) is 29.8 Å². The molecule has 0 saturated heterocycles. The molecule has 3 N–H and O–H groups in total. The summed E-state index contributed by atoms with van der Waals surface area (Å²) in [5.41, 5.74) is 0.698. The normalized spacial score (nSPS) is 10.1. The molecule has 0 saturated carbocycles. The van der Waals surface area contributed by atoms with Crippen molar-refractivity contribution in [3.63, 3.8) is 0 Å². The van der Waals surface area contributed by atoms with E-state index in [0.717, 1.165) is 12.2 Å². The monoisotopic (exact) mass is 352 g/mol. The number of halogens is 2. The number of hydrogen-bond donors (Lipinski definition) is 3. The van der Waals surface area contributed by atoms with E-state index in [0.29, 0.717) is 5.56 Å². The van der Waals surface area contributed by atoms with Crippen LogP contribution in [0.15, 0.2) is 48.5 Å². The number of carboxylic acids is 2. The summed E-state index contributed by atoms with van der Waals surface area (Å²) in [6.45, 7) is 0. The summed E-state index contributed by atoms with van der Waals surface area (Å²) in [6.07, 6.45) is 1.92. The standard InChI is InChI=1S/C9H6ClFO2.C8H8O3/c10-7-2-1-3-8(11)6(7)4-5-9(12)13;9-7-3-1-2-6(4-7)5-8(10)11/h1-5H,(H,12,13);1-4,9H,5H2,(H,10,11). The lowest BCUT2D eigenvalue weighted by molar-refractivity contribution is -0.136. The van der Waals surface area contributed by atoms with Crippen LogP contribution in [0.4, 0.5) is 4.39 Å². The van der Waals surface area contributed by atoms with Gasteiger partial charge in [-0.05, 0) is 35.9 Å². The Balaban J connectivity index is 0.000000243. The Hall–Kier alpha value is -2.86. The summed E-state index contributed by atoms with van der Waals surface area (Å²) in [4.78, 5) is 20.3. The second-order valence-corrected chi connectivity index (χ2v) is 4.95. The van der Waals surface area contributed by atoms with Crippen LogP contribution in [0.2, 0.25) is 5.02 Å². The minimum Gasteiger partial charge on any atom is -0.508 e. The van der Waals surface area contributed by atoms with Crippen molar-refractivity contribution >= 4 is 29.6 Å². The zero-order valence-corrected chi connectivity index (χ0v) is 13.1. The van der Waals surface area contributed by atoms with E-state index in [1.54, 1.807) is 12.1 Å². The topological polar surface area (TPSA) is 94.8 Å². The van der Waals surface area contributed by atoms with Crippen molar-refractivity contribution in [1.82, 2.24) is 0 Å². The van der Waals surface area contributed by atoms with Crippen molar-refractivity contribution in [2.45, 2.75) is 6.42 Å². The second-order valence-electron chi connectivity index (χ2n) is 4.55. The van der Waals surface area contributed by atoms with Gasteiger partial charge in [-0.25, -0.2) is 9.18 Å². The molecule has 0 radical (unpaired) electrons. The van der Waals surface area contributed by atoms with E-state index in [2.05, 4.69) is 0 Å². The van der Waals surface area contributed by atoms with Gasteiger partial charge in [-0.15, -0.1) is 0 Å². The Kier molecular flexibility index (Phi) is 7.45. The van der Waals surface area contributed by atoms with Crippen LogP contribution in [0.25, 0.3) is 6.08 Å². The highest BCUT2D eigenvalue weighted by Gasteiger charge is 2.02. The predicted octanol–water partition coefficient (Wildman–Crippen LogP) is 3.60. The van der Waals surface area contributed by atoms with E-state index >= 15 is 0 Å². The van der Waals surface area contributed by atoms with Crippen LogP contribution in [0.1, 0.15) is 11.1 Å². The van der Waals surface area contributed by atoms with Crippen LogP contribution < -0.4 is 0 Å². The molecule has 0 aliphatic rings. The zero-order chi connectivity index (χ0) is 18.1. The third kappa shape index (κ3) is 6.93. The first-order chi connectivity index (χ1) is 11.3. The molecule has 0 heterocycles. The first-order valence-electron chi connectivity index (χ1n) is 6.64. The van der Waals surface area contributed by atoms with Gasteiger partial charge < -0.3 is 15.3 Å². The van der Waals surface area contributed by atoms with Gasteiger partial charge in [0.05, 0.1) is 11.4 Å². The number of carbonyl (C=O) groups is 2. The van der Waals surface area contributed by atoms with Crippen LogP contribution in [-0.4, -0.2) is 27.3 Å². The second kappa shape index (κ2) is 9.32. The molecule has 2 rings (SSSR count). The van der Waals surface area contributed by atoms with Gasteiger partial charge in [-0.3, -0.25) is 4.79 Å². The Labute approximate surface area is 142 Å². The van der Waals surface area contributed by atoms with E-state index in [9.17, 15) is 14.0 Å². The van der Waals surface area contributed by atoms with Crippen LogP contribution in [-0.2, 0) is 16.0 Å². The largest absolute Gasteiger partial charge is 0.508 e. The average Bonchev–Trinajstić information content (AvgIpc) is 2.46. The average molecular weight is 353 g/mol. The Bertz CT molecular complexity index is 738. The molecule has 7 heteroatoms. The summed E-state index contributed by atoms with van der Waals surface area (Å²) in [7, 11) is 0. The molecule has 0 amide bonds. The van der Waals surface area contributed by atoms with E-state index in [1.807, 2.05) is 0 Å². The van der Waals surface area contributed by atoms with Gasteiger partial charge in [0.1, 0.15) is 11.6 Å². The SMILES string of the molecule is O=C(O)C=Cc1c(F)cccc1Cl.O=C(O)Cc1cccc(O)c1. The molecule has 5 nitrogen and oxygen atoms in total. The number of phenols is 1. The zero-order valence-electron chi connectivity index (χ0n) is 12.3. The van der Waals surface area contributed by atoms with Crippen molar-refractivity contribution < 1.29 is 29.3 Å². The molecular formula is C17H14ClFO5. The highest BCUT2D eigenvalue weighted by molar-refractivity contribution is 6.32. The van der Waals surface area contributed by atoms with Crippen molar-refractivity contribution in [1.29, 1.82) is 0 Å². The first kappa shape index (κ1) is 19.2. The third-order valence-corrected chi connectivity index (χ3v) is 2.99. The summed E-state index contributed by atoms with van der Waals surface area (Å²) < 4.78 is 13.0. The molecular weight excluding hydrogens is 339 g/mol. The van der Waals surface area contributed by atoms with Gasteiger partial charge in [0.15, 0.2) is 0 Å². The fourth-order valence-electron chi connectivity index (χ4n) is 1.67. The van der Waals surface area contributed by atoms with Gasteiger partial charge in [0, 0.05) is 11.6 Å². The van der Waals surface area contributed by atoms with E-state index in [4.69, 9.17) is 26.9 Å². The van der Waals surface area contributed by atoms with Crippen molar-refractivity contribution in [3.05, 3.63) is 70.5 Å². The van der Waals surface area contributed by atoms with Crippen LogP contribution in [0.5, 0.6) is 5.75 Å². The van der Waals surface area contributed by atoms with E-state index < -0.39 is 17.8 Å². The number of hydrogen-bond acceptors (Lipinski definition) is 3. The maximum atomic E-state index is 13.0. The number of aromatic hydroxyl groups is 1. The molecule has 0 atom stereocenters. The first-order valence-corrected chi connectivity index (χ1v) is 7.02. The van der Waals surface area contributed by atoms with Gasteiger partial charge in [0.2, 0.25) is 0 Å². The molecule has 24 heavy (non-hydrogen) atoms. The van der Waals surface area contributed by atoms with Crippen LogP contribution in [0, 0.1) is 5.82 Å². The van der Waals surface area contributed by atoms with Crippen molar-refractivity contribution in [3.8, 4) is 5.75 Å². The lowest BCUT2D eigenvalue weighted by atomic mass is 10.1. The molecule has 0 aliphatic carbocycles. The lowest BCUT2D eigenvalue weighted by Crippen LogP contribution is -1.99. The van der Waals surface area contributed by atoms with Gasteiger partial charge in [0.25, 0.3) is 0 Å². The lowest BCUT2D eigenvalue weighted by Gasteiger charge is -1.97. The molecule has 0 aromatic heterocycles. The van der Waals surface area contributed by atoms with Crippen molar-refractivity contribution in [2.75, 3.05) is 0 Å². The number of phenolic OH excluding ortho intramolecular Hbond substituents is 1. The predicted molar refractivity (Wildman–Crippen MR) is 87.5 cm³/mol. The third-order valence-electron chi connectivity index (χ3n) is 2.66. The van der Waals surface area contributed by atoms with Gasteiger partial charge in [-0.2, -0.15) is 0 Å². The highest BCUT2D eigenvalue weighted by Crippen LogP contribution is 2.20. The molecule has 0 fully saturated rings. The Morgan fingerprint density at radius 3 is 2.33 bits per heavy atom. The summed E-state index contributed by atoms with van der Waals surface area (Å²) in [5.74, 6) is -2.47. The summed E-state index contributed by atoms with van der Waals surface area (Å²) in [5, 5.41) is 25.8. The summed E-state index contributed by atoms with van der Waals surface area (Å²) >= 11 is 5.63. The molecule has 2 aromatic carbocycles. The number of benzene rings is 2. The number of carboxylic acid groups (broad SMARTS) is 2. The fraction of sp³-hybridized carbons (Fsp3) is 0.0588. The molecule has 0 bridgehead atoms. The van der Waals surface area contributed by atoms with E-state index in [-0.39, 0.29) is 22.8 Å². The molecule has 0 aliphatic heterocycles. The number of rotatable bonds is 4. The van der Waals surface area contributed by atoms with Crippen molar-refractivity contribution in [2.24, 2.45) is 0 Å². The molecule has 0 spiro atoms. The molecule has 0 unspecified atom stereocenters. The Morgan fingerprint density at radius 1 is 1.12 bits per heavy atom. The Morgan fingerprint density at radius 2 is 1.79 bits per heavy atom. The molecule has 126 valence electrons. The maximum Gasteiger partial charge on any atom is 0.328 e. The smallest absolute Gasteiger partial charge is 0.328 e. The van der Waals surface area contributed by atoms with Crippen LogP contribution >= 0.6 is 11.6 Å². The van der Waals surface area contributed by atoms with E-state index in [1.165, 1.54) is 30.3 Å². The highest BCUT2D eigenvalue weighted by atomic mass is 35.5. The minimum absolute atomic E-state index is 0.0472. The summed E-state index contributed by atoms with van der Waals surface area (Å²) in [6, 6.07) is 10.4. The molecule has 2 aromatic rings. The number of aliphatic carboxylic acids is 2. The van der Waals surface area contributed by atoms with Gasteiger partial charge >= 0.3 is 11.9 Å².